The number of amides is 1. The molecule has 0 spiro atoms. The molecule has 0 aliphatic carbocycles. The molecule has 0 aromatic heterocycles. The summed E-state index contributed by atoms with van der Waals surface area (Å²) < 4.78 is 0. The highest BCUT2D eigenvalue weighted by atomic mass is 32.1. The van der Waals surface area contributed by atoms with E-state index in [1.807, 2.05) is 33.0 Å². The molecule has 0 atom stereocenters. The van der Waals surface area contributed by atoms with Crippen LogP contribution >= 0.6 is 12.6 Å². The molecule has 0 aliphatic rings. The van der Waals surface area contributed by atoms with Gasteiger partial charge in [0, 0.05) is 19.2 Å². The molecular formula is C12H17NOS. The predicted octanol–water partition coefficient (Wildman–Crippen LogP) is 2.59. The molecule has 0 aliphatic heterocycles. The first kappa shape index (κ1) is 12.1. The standard InChI is InChI=1S/C12H17NOS/c1-9-4-5-10(2)11(8-9)13(3)12(14)6-7-15/h4-5,8,15H,6-7H2,1-3H3. The Hall–Kier alpha value is -0.960. The monoisotopic (exact) mass is 223 g/mol. The first-order chi connectivity index (χ1) is 7.06. The number of benzene rings is 1. The Morgan fingerprint density at radius 3 is 2.67 bits per heavy atom. The van der Waals surface area contributed by atoms with Crippen LogP contribution in [-0.4, -0.2) is 18.7 Å². The summed E-state index contributed by atoms with van der Waals surface area (Å²) in [6.07, 6.45) is 0.479. The van der Waals surface area contributed by atoms with Crippen LogP contribution in [-0.2, 0) is 4.79 Å². The van der Waals surface area contributed by atoms with Crippen LogP contribution in [0.3, 0.4) is 0 Å². The molecule has 0 saturated heterocycles. The van der Waals surface area contributed by atoms with E-state index in [0.29, 0.717) is 12.2 Å². The molecule has 0 radical (unpaired) electrons. The average molecular weight is 223 g/mol. The van der Waals surface area contributed by atoms with E-state index in [9.17, 15) is 4.79 Å². The Balaban J connectivity index is 2.94. The van der Waals surface area contributed by atoms with Crippen LogP contribution in [0, 0.1) is 13.8 Å². The molecule has 3 heteroatoms. The summed E-state index contributed by atoms with van der Waals surface area (Å²) in [4.78, 5) is 13.4. The van der Waals surface area contributed by atoms with Gasteiger partial charge in [0.1, 0.15) is 0 Å². The first-order valence-electron chi connectivity index (χ1n) is 5.01. The van der Waals surface area contributed by atoms with E-state index < -0.39 is 0 Å². The Morgan fingerprint density at radius 2 is 2.07 bits per heavy atom. The van der Waals surface area contributed by atoms with Crippen molar-refractivity contribution in [2.24, 2.45) is 0 Å². The van der Waals surface area contributed by atoms with Gasteiger partial charge in [0.05, 0.1) is 0 Å². The molecule has 1 amide bonds. The molecule has 1 aromatic carbocycles. The summed E-state index contributed by atoms with van der Waals surface area (Å²) in [6, 6.07) is 6.12. The maximum absolute atomic E-state index is 11.7. The number of thiol groups is 1. The average Bonchev–Trinajstić information content (AvgIpc) is 2.21. The smallest absolute Gasteiger partial charge is 0.227 e. The van der Waals surface area contributed by atoms with Crippen molar-refractivity contribution >= 4 is 24.2 Å². The number of aryl methyl sites for hydroxylation is 2. The molecule has 0 N–H and O–H groups in total. The molecule has 15 heavy (non-hydrogen) atoms. The number of nitrogens with zero attached hydrogens (tertiary/aromatic N) is 1. The van der Waals surface area contributed by atoms with E-state index in [1.165, 1.54) is 5.56 Å². The Morgan fingerprint density at radius 1 is 1.40 bits per heavy atom. The molecule has 2 nitrogen and oxygen atoms in total. The highest BCUT2D eigenvalue weighted by molar-refractivity contribution is 7.80. The van der Waals surface area contributed by atoms with Crippen LogP contribution in [0.5, 0.6) is 0 Å². The molecule has 0 bridgehead atoms. The summed E-state index contributed by atoms with van der Waals surface area (Å²) in [7, 11) is 1.81. The molecule has 0 fully saturated rings. The molecular weight excluding hydrogens is 206 g/mol. The Bertz CT molecular complexity index is 363. The number of hydrogen-bond donors (Lipinski definition) is 1. The van der Waals surface area contributed by atoms with Gasteiger partial charge < -0.3 is 4.90 Å². The van der Waals surface area contributed by atoms with E-state index in [4.69, 9.17) is 0 Å². The van der Waals surface area contributed by atoms with Gasteiger partial charge in [-0.15, -0.1) is 0 Å². The van der Waals surface area contributed by atoms with Crippen molar-refractivity contribution in [2.75, 3.05) is 17.7 Å². The van der Waals surface area contributed by atoms with E-state index in [1.54, 1.807) is 4.90 Å². The predicted molar refractivity (Wildman–Crippen MR) is 67.8 cm³/mol. The second-order valence-electron chi connectivity index (χ2n) is 3.72. The van der Waals surface area contributed by atoms with Crippen LogP contribution in [0.15, 0.2) is 18.2 Å². The minimum atomic E-state index is 0.110. The summed E-state index contributed by atoms with van der Waals surface area (Å²) >= 11 is 4.07. The fourth-order valence-electron chi connectivity index (χ4n) is 1.48. The molecule has 82 valence electrons. The van der Waals surface area contributed by atoms with E-state index >= 15 is 0 Å². The van der Waals surface area contributed by atoms with Crippen LogP contribution in [0.1, 0.15) is 17.5 Å². The fourth-order valence-corrected chi connectivity index (χ4v) is 1.67. The lowest BCUT2D eigenvalue weighted by atomic mass is 10.1. The van der Waals surface area contributed by atoms with Gasteiger partial charge in [-0.2, -0.15) is 12.6 Å². The second-order valence-corrected chi connectivity index (χ2v) is 4.16. The molecule has 1 rings (SSSR count). The van der Waals surface area contributed by atoms with Crippen LogP contribution in [0.2, 0.25) is 0 Å². The Kier molecular flexibility index (Phi) is 4.21. The quantitative estimate of drug-likeness (QED) is 0.781. The van der Waals surface area contributed by atoms with E-state index in [2.05, 4.69) is 18.7 Å². The third kappa shape index (κ3) is 2.99. The van der Waals surface area contributed by atoms with Crippen molar-refractivity contribution in [3.8, 4) is 0 Å². The third-order valence-electron chi connectivity index (χ3n) is 2.43. The number of carbonyl (C=O) groups is 1. The largest absolute Gasteiger partial charge is 0.315 e. The molecule has 0 heterocycles. The first-order valence-corrected chi connectivity index (χ1v) is 5.64. The van der Waals surface area contributed by atoms with Gasteiger partial charge in [0.25, 0.3) is 0 Å². The van der Waals surface area contributed by atoms with Crippen LogP contribution < -0.4 is 4.90 Å². The van der Waals surface area contributed by atoms with Gasteiger partial charge in [-0.05, 0) is 36.8 Å². The maximum Gasteiger partial charge on any atom is 0.227 e. The molecule has 0 saturated carbocycles. The van der Waals surface area contributed by atoms with Crippen molar-refractivity contribution in [3.63, 3.8) is 0 Å². The molecule has 0 unspecified atom stereocenters. The van der Waals surface area contributed by atoms with Gasteiger partial charge in [-0.25, -0.2) is 0 Å². The van der Waals surface area contributed by atoms with Crippen LogP contribution in [0.4, 0.5) is 5.69 Å². The summed E-state index contributed by atoms with van der Waals surface area (Å²) in [5.41, 5.74) is 3.28. The minimum absolute atomic E-state index is 0.110. The van der Waals surface area contributed by atoms with Gasteiger partial charge in [-0.1, -0.05) is 12.1 Å². The summed E-state index contributed by atoms with van der Waals surface area (Å²) in [6.45, 7) is 4.04. The zero-order valence-corrected chi connectivity index (χ0v) is 10.3. The highest BCUT2D eigenvalue weighted by Crippen LogP contribution is 2.20. The fraction of sp³-hybridized carbons (Fsp3) is 0.417. The lowest BCUT2D eigenvalue weighted by Crippen LogP contribution is -2.27. The van der Waals surface area contributed by atoms with Gasteiger partial charge in [0.15, 0.2) is 0 Å². The number of anilines is 1. The Labute approximate surface area is 96.7 Å². The van der Waals surface area contributed by atoms with Gasteiger partial charge >= 0.3 is 0 Å². The van der Waals surface area contributed by atoms with Gasteiger partial charge in [0.2, 0.25) is 5.91 Å². The lowest BCUT2D eigenvalue weighted by Gasteiger charge is -2.19. The normalized spacial score (nSPS) is 10.1. The zero-order chi connectivity index (χ0) is 11.4. The van der Waals surface area contributed by atoms with E-state index in [0.717, 1.165) is 11.3 Å². The summed E-state index contributed by atoms with van der Waals surface area (Å²) in [5.74, 6) is 0.701. The number of rotatable bonds is 3. The zero-order valence-electron chi connectivity index (χ0n) is 9.45. The number of hydrogen-bond acceptors (Lipinski definition) is 2. The van der Waals surface area contributed by atoms with Crippen molar-refractivity contribution in [2.45, 2.75) is 20.3 Å². The van der Waals surface area contributed by atoms with Crippen LogP contribution in [0.25, 0.3) is 0 Å². The summed E-state index contributed by atoms with van der Waals surface area (Å²) in [5, 5.41) is 0. The van der Waals surface area contributed by atoms with Crippen molar-refractivity contribution in [3.05, 3.63) is 29.3 Å². The van der Waals surface area contributed by atoms with Crippen molar-refractivity contribution in [1.82, 2.24) is 0 Å². The van der Waals surface area contributed by atoms with Crippen molar-refractivity contribution < 1.29 is 4.79 Å². The maximum atomic E-state index is 11.7. The minimum Gasteiger partial charge on any atom is -0.315 e. The highest BCUT2D eigenvalue weighted by Gasteiger charge is 2.11. The SMILES string of the molecule is Cc1ccc(C)c(N(C)C(=O)CCS)c1. The number of carbonyl (C=O) groups excluding carboxylic acids is 1. The van der Waals surface area contributed by atoms with Gasteiger partial charge in [-0.3, -0.25) is 4.79 Å². The second kappa shape index (κ2) is 5.21. The van der Waals surface area contributed by atoms with Crippen molar-refractivity contribution in [1.29, 1.82) is 0 Å². The topological polar surface area (TPSA) is 20.3 Å². The third-order valence-corrected chi connectivity index (χ3v) is 2.65. The lowest BCUT2D eigenvalue weighted by molar-refractivity contribution is -0.117. The molecule has 1 aromatic rings. The van der Waals surface area contributed by atoms with E-state index in [-0.39, 0.29) is 5.91 Å².